The van der Waals surface area contributed by atoms with E-state index >= 15 is 0 Å². The number of amides is 1. The fraction of sp³-hybridized carbons (Fsp3) is 0.316. The molecule has 7 heteroatoms. The van der Waals surface area contributed by atoms with Crippen LogP contribution in [0.3, 0.4) is 0 Å². The van der Waals surface area contributed by atoms with Gasteiger partial charge in [-0.3, -0.25) is 9.69 Å². The summed E-state index contributed by atoms with van der Waals surface area (Å²) in [5.74, 6) is -4.10. The lowest BCUT2D eigenvalue weighted by Gasteiger charge is -2.24. The molecule has 0 fully saturated rings. The van der Waals surface area contributed by atoms with Crippen LogP contribution >= 0.6 is 0 Å². The van der Waals surface area contributed by atoms with Crippen molar-refractivity contribution in [2.24, 2.45) is 0 Å². The molecule has 0 aromatic heterocycles. The lowest BCUT2D eigenvalue weighted by molar-refractivity contribution is -0.120. The van der Waals surface area contributed by atoms with Gasteiger partial charge < -0.3 is 10.1 Å². The van der Waals surface area contributed by atoms with E-state index in [1.165, 1.54) is 0 Å². The first-order valence-electron chi connectivity index (χ1n) is 8.19. The van der Waals surface area contributed by atoms with Crippen molar-refractivity contribution in [2.45, 2.75) is 26.4 Å². The van der Waals surface area contributed by atoms with Gasteiger partial charge >= 0.3 is 0 Å². The molecular weight excluding hydrogens is 345 g/mol. The first-order valence-corrected chi connectivity index (χ1v) is 8.19. The van der Waals surface area contributed by atoms with Gasteiger partial charge in [0.1, 0.15) is 5.75 Å². The second-order valence-electron chi connectivity index (χ2n) is 5.88. The SMILES string of the molecule is CCOc1ccc(CN(C)[C@@H](C)C(=O)Nc2ccc(F)c(F)c2F)cc1. The lowest BCUT2D eigenvalue weighted by Crippen LogP contribution is -2.39. The molecule has 1 N–H and O–H groups in total. The predicted molar refractivity (Wildman–Crippen MR) is 93.5 cm³/mol. The molecule has 0 aliphatic heterocycles. The summed E-state index contributed by atoms with van der Waals surface area (Å²) in [5, 5.41) is 2.29. The summed E-state index contributed by atoms with van der Waals surface area (Å²) in [6.07, 6.45) is 0. The number of hydrogen-bond acceptors (Lipinski definition) is 3. The average molecular weight is 366 g/mol. The molecule has 26 heavy (non-hydrogen) atoms. The number of ether oxygens (including phenoxy) is 1. The van der Waals surface area contributed by atoms with Crippen LogP contribution < -0.4 is 10.1 Å². The normalized spacial score (nSPS) is 12.1. The third-order valence-corrected chi connectivity index (χ3v) is 4.00. The van der Waals surface area contributed by atoms with E-state index in [0.717, 1.165) is 23.4 Å². The van der Waals surface area contributed by atoms with Crippen molar-refractivity contribution >= 4 is 11.6 Å². The number of nitrogens with one attached hydrogen (secondary N) is 1. The summed E-state index contributed by atoms with van der Waals surface area (Å²) in [4.78, 5) is 14.0. The van der Waals surface area contributed by atoms with Gasteiger partial charge in [0.05, 0.1) is 18.3 Å². The zero-order valence-electron chi connectivity index (χ0n) is 14.9. The number of hydrogen-bond donors (Lipinski definition) is 1. The fourth-order valence-corrected chi connectivity index (χ4v) is 2.34. The number of carbonyl (C=O) groups excluding carboxylic acids is 1. The molecule has 0 heterocycles. The maximum absolute atomic E-state index is 13.7. The Hall–Kier alpha value is -2.54. The monoisotopic (exact) mass is 366 g/mol. The molecule has 0 aliphatic carbocycles. The first kappa shape index (κ1) is 19.8. The number of halogens is 3. The lowest BCUT2D eigenvalue weighted by atomic mass is 10.1. The minimum atomic E-state index is -1.61. The molecule has 140 valence electrons. The van der Waals surface area contributed by atoms with Crippen molar-refractivity contribution in [3.8, 4) is 5.75 Å². The number of carbonyl (C=O) groups is 1. The van der Waals surface area contributed by atoms with E-state index in [1.807, 2.05) is 31.2 Å². The van der Waals surface area contributed by atoms with Gasteiger partial charge in [-0.05, 0) is 50.7 Å². The summed E-state index contributed by atoms with van der Waals surface area (Å²) < 4.78 is 45.3. The van der Waals surface area contributed by atoms with Crippen LogP contribution in [0.4, 0.5) is 18.9 Å². The Bertz CT molecular complexity index is 766. The number of anilines is 1. The zero-order valence-corrected chi connectivity index (χ0v) is 14.9. The Morgan fingerprint density at radius 3 is 2.38 bits per heavy atom. The molecule has 0 aliphatic rings. The number of nitrogens with zero attached hydrogens (tertiary/aromatic N) is 1. The number of benzene rings is 2. The molecule has 2 aromatic carbocycles. The standard InChI is InChI=1S/C19H21F3N2O2/c1-4-26-14-7-5-13(6-8-14)11-24(3)12(2)19(25)23-16-10-9-15(20)17(21)18(16)22/h5-10,12H,4,11H2,1-3H3,(H,23,25)/t12-/m0/s1. The smallest absolute Gasteiger partial charge is 0.241 e. The van der Waals surface area contributed by atoms with Crippen LogP contribution in [0.5, 0.6) is 5.75 Å². The van der Waals surface area contributed by atoms with E-state index in [9.17, 15) is 18.0 Å². The topological polar surface area (TPSA) is 41.6 Å². The van der Waals surface area contributed by atoms with E-state index < -0.39 is 35.1 Å². The average Bonchev–Trinajstić information content (AvgIpc) is 2.63. The summed E-state index contributed by atoms with van der Waals surface area (Å²) in [7, 11) is 1.74. The number of rotatable bonds is 7. The van der Waals surface area contributed by atoms with Crippen LogP contribution in [0, 0.1) is 17.5 Å². The Morgan fingerprint density at radius 1 is 1.12 bits per heavy atom. The highest BCUT2D eigenvalue weighted by Crippen LogP contribution is 2.20. The van der Waals surface area contributed by atoms with Crippen LogP contribution in [-0.2, 0) is 11.3 Å². The van der Waals surface area contributed by atoms with Crippen molar-refractivity contribution < 1.29 is 22.7 Å². The van der Waals surface area contributed by atoms with Gasteiger partial charge in [-0.15, -0.1) is 0 Å². The molecule has 0 unspecified atom stereocenters. The zero-order chi connectivity index (χ0) is 19.3. The molecule has 1 amide bonds. The molecule has 4 nitrogen and oxygen atoms in total. The highest BCUT2D eigenvalue weighted by Gasteiger charge is 2.21. The summed E-state index contributed by atoms with van der Waals surface area (Å²) >= 11 is 0. The fourth-order valence-electron chi connectivity index (χ4n) is 2.34. The molecule has 1 atom stereocenters. The van der Waals surface area contributed by atoms with Gasteiger partial charge in [0.25, 0.3) is 0 Å². The van der Waals surface area contributed by atoms with Crippen molar-refractivity contribution in [3.05, 3.63) is 59.4 Å². The van der Waals surface area contributed by atoms with Gasteiger partial charge in [-0.25, -0.2) is 13.2 Å². The van der Waals surface area contributed by atoms with E-state index in [-0.39, 0.29) is 0 Å². The van der Waals surface area contributed by atoms with Gasteiger partial charge in [-0.1, -0.05) is 12.1 Å². The van der Waals surface area contributed by atoms with Crippen molar-refractivity contribution in [1.82, 2.24) is 4.90 Å². The third-order valence-electron chi connectivity index (χ3n) is 4.00. The van der Waals surface area contributed by atoms with E-state index in [1.54, 1.807) is 18.9 Å². The molecular formula is C19H21F3N2O2. The quantitative estimate of drug-likeness (QED) is 0.754. The second-order valence-corrected chi connectivity index (χ2v) is 5.88. The van der Waals surface area contributed by atoms with Crippen LogP contribution in [-0.4, -0.2) is 30.5 Å². The highest BCUT2D eigenvalue weighted by atomic mass is 19.2. The molecule has 2 rings (SSSR count). The van der Waals surface area contributed by atoms with E-state index in [2.05, 4.69) is 5.32 Å². The van der Waals surface area contributed by atoms with Gasteiger partial charge in [-0.2, -0.15) is 0 Å². The largest absolute Gasteiger partial charge is 0.494 e. The van der Waals surface area contributed by atoms with Crippen molar-refractivity contribution in [1.29, 1.82) is 0 Å². The molecule has 2 aromatic rings. The summed E-state index contributed by atoms with van der Waals surface area (Å²) in [6.45, 7) is 4.59. The Labute approximate surface area is 150 Å². The second kappa shape index (κ2) is 8.71. The Balaban J connectivity index is 1.99. The van der Waals surface area contributed by atoms with Crippen LogP contribution in [0.2, 0.25) is 0 Å². The third kappa shape index (κ3) is 4.76. The summed E-state index contributed by atoms with van der Waals surface area (Å²) in [5.41, 5.74) is 0.574. The van der Waals surface area contributed by atoms with Crippen LogP contribution in [0.1, 0.15) is 19.4 Å². The number of likely N-dealkylation sites (N-methyl/N-ethyl adjacent to an activating group) is 1. The Kier molecular flexibility index (Phi) is 6.63. The van der Waals surface area contributed by atoms with Crippen LogP contribution in [0.15, 0.2) is 36.4 Å². The highest BCUT2D eigenvalue weighted by molar-refractivity contribution is 5.94. The van der Waals surface area contributed by atoms with Gasteiger partial charge in [0.15, 0.2) is 17.5 Å². The maximum Gasteiger partial charge on any atom is 0.241 e. The molecule has 0 spiro atoms. The minimum absolute atomic E-state index is 0.393. The maximum atomic E-state index is 13.7. The van der Waals surface area contributed by atoms with E-state index in [4.69, 9.17) is 4.74 Å². The van der Waals surface area contributed by atoms with Crippen molar-refractivity contribution in [2.75, 3.05) is 19.0 Å². The molecule has 0 saturated carbocycles. The molecule has 0 bridgehead atoms. The van der Waals surface area contributed by atoms with E-state index in [0.29, 0.717) is 13.2 Å². The van der Waals surface area contributed by atoms with Gasteiger partial charge in [0.2, 0.25) is 5.91 Å². The van der Waals surface area contributed by atoms with Gasteiger partial charge in [0, 0.05) is 6.54 Å². The first-order chi connectivity index (χ1) is 12.3. The molecule has 0 saturated heterocycles. The molecule has 0 radical (unpaired) electrons. The minimum Gasteiger partial charge on any atom is -0.494 e. The predicted octanol–water partition coefficient (Wildman–Crippen LogP) is 3.96. The van der Waals surface area contributed by atoms with Crippen LogP contribution in [0.25, 0.3) is 0 Å². The Morgan fingerprint density at radius 2 is 1.77 bits per heavy atom. The summed E-state index contributed by atoms with van der Waals surface area (Å²) in [6, 6.07) is 8.60. The van der Waals surface area contributed by atoms with Crippen molar-refractivity contribution in [3.63, 3.8) is 0 Å².